The lowest BCUT2D eigenvalue weighted by molar-refractivity contribution is -0.0912. The Morgan fingerprint density at radius 1 is 1.68 bits per heavy atom. The Balaban J connectivity index is 2.13. The number of ether oxygens (including phenoxy) is 1. The molecule has 0 aliphatic carbocycles. The van der Waals surface area contributed by atoms with Gasteiger partial charge in [0.1, 0.15) is 12.2 Å². The number of fused-ring (bicyclic) bond motifs is 1. The van der Waals surface area contributed by atoms with Crippen molar-refractivity contribution in [1.82, 2.24) is 19.5 Å². The summed E-state index contributed by atoms with van der Waals surface area (Å²) < 4.78 is 20.6. The molecular weight excluding hydrogens is 299 g/mol. The molecule has 2 aromatic rings. The van der Waals surface area contributed by atoms with E-state index in [4.69, 9.17) is 15.7 Å². The first-order valence-corrected chi connectivity index (χ1v) is 6.18. The maximum atomic E-state index is 14.3. The normalized spacial score (nSPS) is 31.5. The Bertz CT molecular complexity index is 828. The van der Waals surface area contributed by atoms with Crippen molar-refractivity contribution in [3.8, 4) is 6.07 Å². The molecule has 1 saturated heterocycles. The zero-order chi connectivity index (χ0) is 16.1. The van der Waals surface area contributed by atoms with Crippen LogP contribution >= 0.6 is 0 Å². The molecule has 0 aromatic carbocycles. The summed E-state index contributed by atoms with van der Waals surface area (Å²) >= 11 is 0. The zero-order valence-corrected chi connectivity index (χ0v) is 11.0. The Hall–Kier alpha value is -2.55. The SMILES string of the molecule is N#C[C@]1(CO)O[C@@H](n2cnc3c(=O)[nH]c(N)nc32)[C@H](F)[C@@H]1O. The minimum Gasteiger partial charge on any atom is -0.392 e. The van der Waals surface area contributed by atoms with E-state index in [1.165, 1.54) is 0 Å². The van der Waals surface area contributed by atoms with Gasteiger partial charge in [-0.15, -0.1) is 0 Å². The van der Waals surface area contributed by atoms with Crippen LogP contribution in [-0.4, -0.2) is 54.2 Å². The number of halogens is 1. The topological polar surface area (TPSA) is 163 Å². The van der Waals surface area contributed by atoms with Crippen molar-refractivity contribution >= 4 is 17.1 Å². The molecule has 0 amide bonds. The summed E-state index contributed by atoms with van der Waals surface area (Å²) in [5.74, 6) is -0.207. The van der Waals surface area contributed by atoms with Crippen LogP contribution in [0.4, 0.5) is 10.3 Å². The Kier molecular flexibility index (Phi) is 3.10. The molecule has 0 unspecified atom stereocenters. The molecule has 1 aliphatic heterocycles. The molecule has 0 saturated carbocycles. The minimum absolute atomic E-state index is 0.0622. The summed E-state index contributed by atoms with van der Waals surface area (Å²) in [7, 11) is 0. The maximum absolute atomic E-state index is 14.3. The molecule has 116 valence electrons. The number of nitrogens with two attached hydrogens (primary N) is 1. The fourth-order valence-electron chi connectivity index (χ4n) is 2.36. The number of aliphatic hydroxyl groups is 2. The van der Waals surface area contributed by atoms with Crippen LogP contribution in [0.1, 0.15) is 6.23 Å². The monoisotopic (exact) mass is 310 g/mol. The number of H-pyrrole nitrogens is 1. The van der Waals surface area contributed by atoms with Crippen molar-refractivity contribution in [1.29, 1.82) is 5.26 Å². The minimum atomic E-state index is -2.10. The Morgan fingerprint density at radius 3 is 3.00 bits per heavy atom. The van der Waals surface area contributed by atoms with E-state index in [2.05, 4.69) is 15.0 Å². The highest BCUT2D eigenvalue weighted by atomic mass is 19.1. The second kappa shape index (κ2) is 4.73. The fraction of sp³-hybridized carbons (Fsp3) is 0.455. The molecule has 3 heterocycles. The van der Waals surface area contributed by atoms with Crippen molar-refractivity contribution in [2.45, 2.75) is 24.1 Å². The van der Waals surface area contributed by atoms with Crippen molar-refractivity contribution < 1.29 is 19.3 Å². The van der Waals surface area contributed by atoms with Crippen LogP contribution in [0.25, 0.3) is 11.2 Å². The lowest BCUT2D eigenvalue weighted by Crippen LogP contribution is -2.44. The molecule has 22 heavy (non-hydrogen) atoms. The number of rotatable bonds is 2. The van der Waals surface area contributed by atoms with Gasteiger partial charge in [-0.3, -0.25) is 14.3 Å². The molecule has 2 aromatic heterocycles. The first-order chi connectivity index (χ1) is 10.4. The van der Waals surface area contributed by atoms with Crippen LogP contribution in [-0.2, 0) is 4.74 Å². The molecule has 1 fully saturated rings. The van der Waals surface area contributed by atoms with Crippen molar-refractivity contribution in [3.05, 3.63) is 16.7 Å². The van der Waals surface area contributed by atoms with Crippen molar-refractivity contribution in [2.75, 3.05) is 12.3 Å². The number of nitriles is 1. The molecular formula is C11H11FN6O4. The van der Waals surface area contributed by atoms with Crippen LogP contribution in [0, 0.1) is 11.3 Å². The van der Waals surface area contributed by atoms with Gasteiger partial charge in [0, 0.05) is 0 Å². The second-order valence-electron chi connectivity index (χ2n) is 4.83. The van der Waals surface area contributed by atoms with Gasteiger partial charge < -0.3 is 20.7 Å². The van der Waals surface area contributed by atoms with Gasteiger partial charge in [-0.25, -0.2) is 9.37 Å². The van der Waals surface area contributed by atoms with Gasteiger partial charge in [0.15, 0.2) is 23.6 Å². The van der Waals surface area contributed by atoms with Crippen molar-refractivity contribution in [2.24, 2.45) is 0 Å². The third kappa shape index (κ3) is 1.78. The summed E-state index contributed by atoms with van der Waals surface area (Å²) in [6.45, 7) is -0.898. The summed E-state index contributed by atoms with van der Waals surface area (Å²) in [6.07, 6.45) is -4.31. The van der Waals surface area contributed by atoms with Gasteiger partial charge in [-0.05, 0) is 0 Å². The number of hydrogen-bond acceptors (Lipinski definition) is 8. The van der Waals surface area contributed by atoms with Gasteiger partial charge in [-0.2, -0.15) is 10.2 Å². The smallest absolute Gasteiger partial charge is 0.280 e. The first-order valence-electron chi connectivity index (χ1n) is 6.18. The van der Waals surface area contributed by atoms with Crippen LogP contribution < -0.4 is 11.3 Å². The first kappa shape index (κ1) is 14.4. The van der Waals surface area contributed by atoms with Crippen LogP contribution in [0.15, 0.2) is 11.1 Å². The van der Waals surface area contributed by atoms with Gasteiger partial charge >= 0.3 is 0 Å². The highest BCUT2D eigenvalue weighted by molar-refractivity contribution is 5.70. The fourth-order valence-corrected chi connectivity index (χ4v) is 2.36. The predicted molar refractivity (Wildman–Crippen MR) is 69.0 cm³/mol. The number of anilines is 1. The van der Waals surface area contributed by atoms with E-state index in [0.29, 0.717) is 0 Å². The van der Waals surface area contributed by atoms with E-state index >= 15 is 0 Å². The predicted octanol–water partition coefficient (Wildman–Crippen LogP) is -1.82. The molecule has 3 rings (SSSR count). The number of aromatic nitrogens is 4. The number of nitrogens with one attached hydrogen (secondary N) is 1. The van der Waals surface area contributed by atoms with E-state index in [0.717, 1.165) is 10.9 Å². The van der Waals surface area contributed by atoms with Gasteiger partial charge in [-0.1, -0.05) is 0 Å². The van der Waals surface area contributed by atoms with Gasteiger partial charge in [0.25, 0.3) is 5.56 Å². The quantitative estimate of drug-likeness (QED) is 0.504. The molecule has 4 atom stereocenters. The van der Waals surface area contributed by atoms with Crippen LogP contribution in [0.5, 0.6) is 0 Å². The molecule has 1 aliphatic rings. The average molecular weight is 310 g/mol. The number of imidazole rings is 1. The summed E-state index contributed by atoms with van der Waals surface area (Å²) in [4.78, 5) is 21.6. The molecule has 11 heteroatoms. The highest BCUT2D eigenvalue weighted by Gasteiger charge is 2.56. The number of nitrogen functional groups attached to an aromatic ring is 1. The van der Waals surface area contributed by atoms with Crippen LogP contribution in [0.3, 0.4) is 0 Å². The van der Waals surface area contributed by atoms with E-state index in [-0.39, 0.29) is 17.1 Å². The second-order valence-corrected chi connectivity index (χ2v) is 4.83. The molecule has 0 bridgehead atoms. The van der Waals surface area contributed by atoms with E-state index in [9.17, 15) is 19.4 Å². The zero-order valence-electron chi connectivity index (χ0n) is 11.0. The third-order valence-electron chi connectivity index (χ3n) is 3.53. The molecule has 0 spiro atoms. The van der Waals surface area contributed by atoms with Crippen LogP contribution in [0.2, 0.25) is 0 Å². The number of alkyl halides is 1. The molecule has 10 nitrogen and oxygen atoms in total. The van der Waals surface area contributed by atoms with Gasteiger partial charge in [0.2, 0.25) is 11.5 Å². The van der Waals surface area contributed by atoms with Gasteiger partial charge in [0.05, 0.1) is 12.9 Å². The summed E-state index contributed by atoms with van der Waals surface area (Å²) in [6, 6.07) is 1.56. The van der Waals surface area contributed by atoms with E-state index in [1.54, 1.807) is 6.07 Å². The highest BCUT2D eigenvalue weighted by Crippen LogP contribution is 2.39. The Morgan fingerprint density at radius 2 is 2.41 bits per heavy atom. The number of nitrogens with zero attached hydrogens (tertiary/aromatic N) is 4. The van der Waals surface area contributed by atoms with Crippen molar-refractivity contribution in [3.63, 3.8) is 0 Å². The number of hydrogen-bond donors (Lipinski definition) is 4. The maximum Gasteiger partial charge on any atom is 0.280 e. The standard InChI is InChI=1S/C11H11FN6O4/c12-4-6(20)11(1-13,2-19)22-9(4)18-3-15-5-7(18)16-10(14)17-8(5)21/h3-4,6,9,19-20H,2H2,(H3,14,16,17,21)/t4-,6+,9-,11-/m1/s1. The third-order valence-corrected chi connectivity index (χ3v) is 3.53. The summed E-state index contributed by atoms with van der Waals surface area (Å²) in [5.41, 5.74) is 2.55. The lowest BCUT2D eigenvalue weighted by atomic mass is 9.99. The molecule has 0 radical (unpaired) electrons. The largest absolute Gasteiger partial charge is 0.392 e. The Labute approximate surface area is 121 Å². The number of aliphatic hydroxyl groups excluding tert-OH is 2. The van der Waals surface area contributed by atoms with E-state index in [1.807, 2.05) is 0 Å². The number of aromatic amines is 1. The lowest BCUT2D eigenvalue weighted by Gasteiger charge is -2.20. The summed E-state index contributed by atoms with van der Waals surface area (Å²) in [5, 5.41) is 28.1. The average Bonchev–Trinajstić information content (AvgIpc) is 3.01. The van der Waals surface area contributed by atoms with E-state index < -0.39 is 36.3 Å². The molecule has 5 N–H and O–H groups in total.